The van der Waals surface area contributed by atoms with Crippen molar-refractivity contribution in [2.24, 2.45) is 0 Å². The Hall–Kier alpha value is -2.48. The van der Waals surface area contributed by atoms with E-state index < -0.39 is 0 Å². The lowest BCUT2D eigenvalue weighted by atomic mass is 9.99. The third kappa shape index (κ3) is 3.47. The molecule has 30 heavy (non-hydrogen) atoms. The molecule has 7 heteroatoms. The maximum atomic E-state index is 10.1. The summed E-state index contributed by atoms with van der Waals surface area (Å²) in [5.41, 5.74) is 4.37. The Balaban J connectivity index is 1.44. The number of hydrogen-bond donors (Lipinski definition) is 3. The van der Waals surface area contributed by atoms with Gasteiger partial charge in [-0.3, -0.25) is 4.90 Å². The number of hydrogen-bond acceptors (Lipinski definition) is 6. The molecule has 158 valence electrons. The summed E-state index contributed by atoms with van der Waals surface area (Å²) >= 11 is 0. The smallest absolute Gasteiger partial charge is 0.154 e. The van der Waals surface area contributed by atoms with Gasteiger partial charge in [-0.05, 0) is 49.3 Å². The van der Waals surface area contributed by atoms with Crippen LogP contribution < -0.4 is 5.32 Å². The highest BCUT2D eigenvalue weighted by Crippen LogP contribution is 2.38. The second kappa shape index (κ2) is 7.98. The number of aromatic nitrogens is 3. The number of nitrogens with one attached hydrogen (secondary N) is 1. The fourth-order valence-electron chi connectivity index (χ4n) is 5.26. The highest BCUT2D eigenvalue weighted by atomic mass is 16.3. The monoisotopic (exact) mass is 407 g/mol. The van der Waals surface area contributed by atoms with Crippen LogP contribution in [0.2, 0.25) is 0 Å². The lowest BCUT2D eigenvalue weighted by Crippen LogP contribution is -2.44. The summed E-state index contributed by atoms with van der Waals surface area (Å²) in [6.45, 7) is 2.97. The predicted molar refractivity (Wildman–Crippen MR) is 115 cm³/mol. The highest BCUT2D eigenvalue weighted by Gasteiger charge is 2.40. The third-order valence-electron chi connectivity index (χ3n) is 6.84. The van der Waals surface area contributed by atoms with E-state index in [1.54, 1.807) is 6.33 Å². The van der Waals surface area contributed by atoms with Crippen molar-refractivity contribution >= 4 is 11.3 Å². The van der Waals surface area contributed by atoms with Crippen LogP contribution in [0.15, 0.2) is 42.9 Å². The predicted octanol–water partition coefficient (Wildman–Crippen LogP) is 2.67. The highest BCUT2D eigenvalue weighted by molar-refractivity contribution is 5.73. The molecule has 2 saturated heterocycles. The molecule has 2 unspecified atom stereocenters. The Bertz CT molecular complexity index is 1010. The standard InChI is InChI=1S/C23H29N5O2/c1-15-17(11-27-18-7-8-19(27)10-20(30)9-18)12-28-22(15)23(24-14-25-28)26-21(13-29)16-5-3-2-4-6-16/h2-6,12,14,18-21,29-30H,7-11,13H2,1H3,(H,24,25,26)/t18-,19?,20?,21+/m0/s1. The zero-order valence-corrected chi connectivity index (χ0v) is 17.3. The number of anilines is 1. The summed E-state index contributed by atoms with van der Waals surface area (Å²) in [6, 6.07) is 10.6. The van der Waals surface area contributed by atoms with Gasteiger partial charge in [-0.25, -0.2) is 9.50 Å². The Morgan fingerprint density at radius 3 is 2.60 bits per heavy atom. The molecule has 2 fully saturated rings. The van der Waals surface area contributed by atoms with Crippen molar-refractivity contribution in [2.45, 2.75) is 63.4 Å². The van der Waals surface area contributed by atoms with Gasteiger partial charge >= 0.3 is 0 Å². The summed E-state index contributed by atoms with van der Waals surface area (Å²) in [6.07, 6.45) is 7.61. The van der Waals surface area contributed by atoms with Crippen molar-refractivity contribution in [1.29, 1.82) is 0 Å². The molecular weight excluding hydrogens is 378 g/mol. The molecule has 1 aromatic carbocycles. The average Bonchev–Trinajstić information content (AvgIpc) is 3.20. The number of fused-ring (bicyclic) bond motifs is 3. The molecule has 7 nitrogen and oxygen atoms in total. The number of piperidine rings is 1. The first-order valence-corrected chi connectivity index (χ1v) is 10.8. The largest absolute Gasteiger partial charge is 0.394 e. The SMILES string of the molecule is Cc1c(CN2C3CC[C@H]2CC(O)C3)cn2ncnc(N[C@H](CO)c3ccccc3)c12. The summed E-state index contributed by atoms with van der Waals surface area (Å²) in [5, 5.41) is 27.9. The van der Waals surface area contributed by atoms with Crippen molar-refractivity contribution in [2.75, 3.05) is 11.9 Å². The number of aliphatic hydroxyl groups is 2. The van der Waals surface area contributed by atoms with E-state index in [0.717, 1.165) is 41.8 Å². The number of rotatable bonds is 6. The van der Waals surface area contributed by atoms with Crippen LogP contribution in [0.1, 0.15) is 48.4 Å². The Kier molecular flexibility index (Phi) is 5.18. The molecule has 0 saturated carbocycles. The maximum Gasteiger partial charge on any atom is 0.154 e. The fraction of sp³-hybridized carbons (Fsp3) is 0.478. The fourth-order valence-corrected chi connectivity index (χ4v) is 5.26. The molecule has 3 aromatic rings. The van der Waals surface area contributed by atoms with E-state index >= 15 is 0 Å². The van der Waals surface area contributed by atoms with Gasteiger partial charge in [0.1, 0.15) is 11.8 Å². The normalized spacial score (nSPS) is 25.0. The van der Waals surface area contributed by atoms with Crippen LogP contribution in [0.4, 0.5) is 5.82 Å². The second-order valence-electron chi connectivity index (χ2n) is 8.65. The van der Waals surface area contributed by atoms with Crippen LogP contribution in [-0.2, 0) is 6.54 Å². The molecule has 0 spiro atoms. The Morgan fingerprint density at radius 1 is 1.17 bits per heavy atom. The van der Waals surface area contributed by atoms with E-state index in [4.69, 9.17) is 0 Å². The van der Waals surface area contributed by atoms with Crippen molar-refractivity contribution in [3.8, 4) is 0 Å². The topological polar surface area (TPSA) is 85.9 Å². The molecule has 2 aliphatic rings. The van der Waals surface area contributed by atoms with Crippen molar-refractivity contribution < 1.29 is 10.2 Å². The van der Waals surface area contributed by atoms with Crippen LogP contribution in [-0.4, -0.2) is 54.5 Å². The van der Waals surface area contributed by atoms with Gasteiger partial charge in [0.05, 0.1) is 18.8 Å². The molecule has 5 rings (SSSR count). The zero-order valence-electron chi connectivity index (χ0n) is 17.3. The van der Waals surface area contributed by atoms with Crippen LogP contribution >= 0.6 is 0 Å². The molecule has 2 bridgehead atoms. The number of benzene rings is 1. The summed E-state index contributed by atoms with van der Waals surface area (Å²) in [5.74, 6) is 0.730. The van der Waals surface area contributed by atoms with E-state index in [2.05, 4.69) is 33.4 Å². The number of aliphatic hydroxyl groups excluding tert-OH is 2. The van der Waals surface area contributed by atoms with E-state index in [1.807, 2.05) is 34.8 Å². The van der Waals surface area contributed by atoms with Crippen LogP contribution in [0.25, 0.3) is 5.52 Å². The average molecular weight is 408 g/mol. The molecule has 0 amide bonds. The van der Waals surface area contributed by atoms with Gasteiger partial charge in [0.2, 0.25) is 0 Å². The lowest BCUT2D eigenvalue weighted by Gasteiger charge is -2.37. The Morgan fingerprint density at radius 2 is 1.90 bits per heavy atom. The van der Waals surface area contributed by atoms with Crippen molar-refractivity contribution in [1.82, 2.24) is 19.5 Å². The van der Waals surface area contributed by atoms with Gasteiger partial charge in [-0.15, -0.1) is 0 Å². The summed E-state index contributed by atoms with van der Waals surface area (Å²) < 4.78 is 1.89. The van der Waals surface area contributed by atoms with Gasteiger partial charge < -0.3 is 15.5 Å². The molecular formula is C23H29N5O2. The number of nitrogens with zero attached hydrogens (tertiary/aromatic N) is 4. The molecule has 0 aliphatic carbocycles. The molecule has 3 N–H and O–H groups in total. The van der Waals surface area contributed by atoms with Crippen molar-refractivity contribution in [3.63, 3.8) is 0 Å². The summed E-state index contributed by atoms with van der Waals surface area (Å²) in [4.78, 5) is 7.06. The minimum absolute atomic E-state index is 0.0216. The van der Waals surface area contributed by atoms with E-state index in [0.29, 0.717) is 12.1 Å². The van der Waals surface area contributed by atoms with Crippen LogP contribution in [0.3, 0.4) is 0 Å². The van der Waals surface area contributed by atoms with Crippen LogP contribution in [0, 0.1) is 6.92 Å². The van der Waals surface area contributed by atoms with Gasteiger partial charge in [-0.2, -0.15) is 5.10 Å². The van der Waals surface area contributed by atoms with Gasteiger partial charge in [-0.1, -0.05) is 30.3 Å². The van der Waals surface area contributed by atoms with E-state index in [-0.39, 0.29) is 18.8 Å². The van der Waals surface area contributed by atoms with E-state index in [9.17, 15) is 10.2 Å². The third-order valence-corrected chi connectivity index (χ3v) is 6.84. The van der Waals surface area contributed by atoms with Gasteiger partial charge in [0, 0.05) is 24.8 Å². The molecule has 2 aliphatic heterocycles. The lowest BCUT2D eigenvalue weighted by molar-refractivity contribution is 0.0309. The van der Waals surface area contributed by atoms with Gasteiger partial charge in [0.25, 0.3) is 0 Å². The van der Waals surface area contributed by atoms with E-state index in [1.165, 1.54) is 18.4 Å². The first kappa shape index (κ1) is 19.5. The Labute approximate surface area is 176 Å². The summed E-state index contributed by atoms with van der Waals surface area (Å²) in [7, 11) is 0. The molecule has 4 atom stereocenters. The second-order valence-corrected chi connectivity index (χ2v) is 8.65. The van der Waals surface area contributed by atoms with Crippen LogP contribution in [0.5, 0.6) is 0 Å². The first-order valence-electron chi connectivity index (χ1n) is 10.8. The first-order chi connectivity index (χ1) is 14.6. The zero-order chi connectivity index (χ0) is 20.7. The number of aryl methyl sites for hydroxylation is 1. The molecule has 2 aromatic heterocycles. The molecule has 4 heterocycles. The molecule has 0 radical (unpaired) electrons. The van der Waals surface area contributed by atoms with Crippen molar-refractivity contribution in [3.05, 3.63) is 59.5 Å². The minimum Gasteiger partial charge on any atom is -0.394 e. The quantitative estimate of drug-likeness (QED) is 0.583. The maximum absolute atomic E-state index is 10.1. The minimum atomic E-state index is -0.234. The van der Waals surface area contributed by atoms with Gasteiger partial charge in [0.15, 0.2) is 5.82 Å².